The molecule has 0 bridgehead atoms. The minimum absolute atomic E-state index is 0.292. The second kappa shape index (κ2) is 3.95. The smallest absolute Gasteiger partial charge is 0.216 e. The second-order valence-corrected chi connectivity index (χ2v) is 6.17. The molecule has 0 aromatic heterocycles. The standard InChI is InChI=1S/C12H24N2O2/c1-11(2,3)16-10(15)14-8-7-13(4)12(9-14)5-6-12/h10,15H,5-9H2,1-4H3. The van der Waals surface area contributed by atoms with Gasteiger partial charge in [0.2, 0.25) is 6.41 Å². The van der Waals surface area contributed by atoms with Gasteiger partial charge in [-0.3, -0.25) is 9.80 Å². The predicted octanol–water partition coefficient (Wildman–Crippen LogP) is 0.857. The van der Waals surface area contributed by atoms with Crippen molar-refractivity contribution in [3.05, 3.63) is 0 Å². The number of likely N-dealkylation sites (N-methyl/N-ethyl adjacent to an activating group) is 1. The third kappa shape index (κ3) is 2.56. The molecule has 1 spiro atoms. The third-order valence-corrected chi connectivity index (χ3v) is 3.63. The lowest BCUT2D eigenvalue weighted by atomic mass is 10.1. The summed E-state index contributed by atoms with van der Waals surface area (Å²) in [7, 11) is 2.18. The lowest BCUT2D eigenvalue weighted by molar-refractivity contribution is -0.248. The Kier molecular flexibility index (Phi) is 3.03. The fourth-order valence-electron chi connectivity index (χ4n) is 2.36. The second-order valence-electron chi connectivity index (χ2n) is 6.17. The minimum Gasteiger partial charge on any atom is -0.356 e. The molecule has 1 saturated heterocycles. The van der Waals surface area contributed by atoms with Crippen molar-refractivity contribution in [1.82, 2.24) is 9.80 Å². The van der Waals surface area contributed by atoms with Gasteiger partial charge in [0.15, 0.2) is 0 Å². The van der Waals surface area contributed by atoms with Crippen molar-refractivity contribution in [1.29, 1.82) is 0 Å². The van der Waals surface area contributed by atoms with E-state index in [1.807, 2.05) is 20.8 Å². The first kappa shape index (κ1) is 12.3. The molecule has 0 aromatic carbocycles. The van der Waals surface area contributed by atoms with E-state index in [2.05, 4.69) is 16.8 Å². The van der Waals surface area contributed by atoms with E-state index in [9.17, 15) is 5.11 Å². The molecule has 1 unspecified atom stereocenters. The summed E-state index contributed by atoms with van der Waals surface area (Å²) >= 11 is 0. The molecule has 2 aliphatic rings. The highest BCUT2D eigenvalue weighted by molar-refractivity contribution is 5.07. The van der Waals surface area contributed by atoms with Crippen molar-refractivity contribution >= 4 is 0 Å². The van der Waals surface area contributed by atoms with E-state index >= 15 is 0 Å². The maximum Gasteiger partial charge on any atom is 0.216 e. The molecule has 1 aliphatic heterocycles. The van der Waals surface area contributed by atoms with Gasteiger partial charge in [0.1, 0.15) is 0 Å². The number of hydrogen-bond acceptors (Lipinski definition) is 4. The van der Waals surface area contributed by atoms with Gasteiger partial charge < -0.3 is 9.84 Å². The Morgan fingerprint density at radius 2 is 1.88 bits per heavy atom. The van der Waals surface area contributed by atoms with Gasteiger partial charge in [0.25, 0.3) is 0 Å². The van der Waals surface area contributed by atoms with Crippen LogP contribution in [-0.2, 0) is 4.74 Å². The van der Waals surface area contributed by atoms with Crippen molar-refractivity contribution < 1.29 is 9.84 Å². The van der Waals surface area contributed by atoms with Gasteiger partial charge in [-0.1, -0.05) is 0 Å². The van der Waals surface area contributed by atoms with Crippen LogP contribution in [0.1, 0.15) is 33.6 Å². The molecule has 0 amide bonds. The number of rotatable bonds is 2. The molecular weight excluding hydrogens is 204 g/mol. The van der Waals surface area contributed by atoms with Crippen LogP contribution >= 0.6 is 0 Å². The average molecular weight is 228 g/mol. The number of hydrogen-bond donors (Lipinski definition) is 1. The van der Waals surface area contributed by atoms with Crippen LogP contribution in [-0.4, -0.2) is 59.1 Å². The van der Waals surface area contributed by atoms with Gasteiger partial charge in [-0.2, -0.15) is 0 Å². The normalized spacial score (nSPS) is 28.3. The van der Waals surface area contributed by atoms with E-state index in [1.54, 1.807) is 0 Å². The van der Waals surface area contributed by atoms with Crippen molar-refractivity contribution in [2.45, 2.75) is 51.2 Å². The van der Waals surface area contributed by atoms with Crippen LogP contribution in [0.2, 0.25) is 0 Å². The lowest BCUT2D eigenvalue weighted by Gasteiger charge is -2.42. The Labute approximate surface area is 98.2 Å². The topological polar surface area (TPSA) is 35.9 Å². The van der Waals surface area contributed by atoms with Crippen LogP contribution in [0, 0.1) is 0 Å². The number of ether oxygens (including phenoxy) is 1. The summed E-state index contributed by atoms with van der Waals surface area (Å²) in [4.78, 5) is 4.48. The predicted molar refractivity (Wildman–Crippen MR) is 63.0 cm³/mol. The first-order chi connectivity index (χ1) is 7.32. The molecule has 1 saturated carbocycles. The monoisotopic (exact) mass is 228 g/mol. The summed E-state index contributed by atoms with van der Waals surface area (Å²) in [6, 6.07) is 0. The van der Waals surface area contributed by atoms with Gasteiger partial charge in [0.05, 0.1) is 5.60 Å². The van der Waals surface area contributed by atoms with Gasteiger partial charge >= 0.3 is 0 Å². The van der Waals surface area contributed by atoms with Crippen LogP contribution in [0.25, 0.3) is 0 Å². The Morgan fingerprint density at radius 3 is 2.38 bits per heavy atom. The fraction of sp³-hybridized carbons (Fsp3) is 1.00. The SMILES string of the molecule is CN1CCN(C(O)OC(C)(C)C)CC12CC2. The van der Waals surface area contributed by atoms with Crippen LogP contribution < -0.4 is 0 Å². The Hall–Kier alpha value is -0.160. The first-order valence-electron chi connectivity index (χ1n) is 6.14. The fourth-order valence-corrected chi connectivity index (χ4v) is 2.36. The molecule has 0 aromatic rings. The average Bonchev–Trinajstić information content (AvgIpc) is 2.88. The Bertz CT molecular complexity index is 258. The molecule has 1 atom stereocenters. The van der Waals surface area contributed by atoms with E-state index in [-0.39, 0.29) is 5.60 Å². The van der Waals surface area contributed by atoms with Crippen LogP contribution in [0.15, 0.2) is 0 Å². The van der Waals surface area contributed by atoms with Crippen molar-refractivity contribution in [2.24, 2.45) is 0 Å². The first-order valence-corrected chi connectivity index (χ1v) is 6.14. The van der Waals surface area contributed by atoms with Crippen LogP contribution in [0.3, 0.4) is 0 Å². The zero-order valence-electron chi connectivity index (χ0n) is 10.9. The van der Waals surface area contributed by atoms with E-state index in [4.69, 9.17) is 4.74 Å². The highest BCUT2D eigenvalue weighted by Gasteiger charge is 2.50. The summed E-state index contributed by atoms with van der Waals surface area (Å²) in [6.45, 7) is 8.75. The highest BCUT2D eigenvalue weighted by atomic mass is 16.6. The van der Waals surface area contributed by atoms with E-state index in [0.29, 0.717) is 5.54 Å². The molecule has 1 aliphatic carbocycles. The molecule has 1 heterocycles. The molecule has 16 heavy (non-hydrogen) atoms. The van der Waals surface area contributed by atoms with Crippen LogP contribution in [0.5, 0.6) is 0 Å². The van der Waals surface area contributed by atoms with Gasteiger partial charge in [-0.15, -0.1) is 0 Å². The zero-order valence-corrected chi connectivity index (χ0v) is 10.9. The molecule has 94 valence electrons. The number of aliphatic hydroxyl groups is 1. The molecule has 1 N–H and O–H groups in total. The van der Waals surface area contributed by atoms with Crippen molar-refractivity contribution in [2.75, 3.05) is 26.7 Å². The maximum atomic E-state index is 10.0. The number of nitrogens with zero attached hydrogens (tertiary/aromatic N) is 2. The third-order valence-electron chi connectivity index (χ3n) is 3.63. The quantitative estimate of drug-likeness (QED) is 0.711. The summed E-state index contributed by atoms with van der Waals surface area (Å²) < 4.78 is 5.60. The molecule has 2 rings (SSSR count). The van der Waals surface area contributed by atoms with Crippen molar-refractivity contribution in [3.63, 3.8) is 0 Å². The van der Waals surface area contributed by atoms with E-state index in [0.717, 1.165) is 19.6 Å². The van der Waals surface area contributed by atoms with Gasteiger partial charge in [-0.25, -0.2) is 0 Å². The number of aliphatic hydroxyl groups excluding tert-OH is 1. The van der Waals surface area contributed by atoms with Gasteiger partial charge in [0, 0.05) is 25.2 Å². The van der Waals surface area contributed by atoms with Crippen LogP contribution in [0.4, 0.5) is 0 Å². The molecule has 4 heteroatoms. The van der Waals surface area contributed by atoms with E-state index < -0.39 is 6.41 Å². The summed E-state index contributed by atoms with van der Waals surface area (Å²) in [5, 5.41) is 10.0. The maximum absolute atomic E-state index is 10.0. The Morgan fingerprint density at radius 1 is 1.25 bits per heavy atom. The van der Waals surface area contributed by atoms with Gasteiger partial charge in [-0.05, 0) is 40.7 Å². The molecule has 2 fully saturated rings. The molecule has 0 radical (unpaired) electrons. The lowest BCUT2D eigenvalue weighted by Crippen LogP contribution is -2.57. The highest BCUT2D eigenvalue weighted by Crippen LogP contribution is 2.43. The van der Waals surface area contributed by atoms with Crippen molar-refractivity contribution in [3.8, 4) is 0 Å². The zero-order chi connectivity index (χ0) is 12.0. The molecule has 4 nitrogen and oxygen atoms in total. The van der Waals surface area contributed by atoms with E-state index in [1.165, 1.54) is 12.8 Å². The minimum atomic E-state index is -0.758. The Balaban J connectivity index is 1.91. The number of piperazine rings is 1. The summed E-state index contributed by atoms with van der Waals surface area (Å²) in [6.07, 6.45) is 1.75. The molecular formula is C12H24N2O2. The summed E-state index contributed by atoms with van der Waals surface area (Å²) in [5.41, 5.74) is 0.0416. The largest absolute Gasteiger partial charge is 0.356 e. The summed E-state index contributed by atoms with van der Waals surface area (Å²) in [5.74, 6) is 0.